The Morgan fingerprint density at radius 2 is 1.59 bits per heavy atom. The number of ether oxygens (including phenoxy) is 5. The molecule has 6 bridgehead atoms. The van der Waals surface area contributed by atoms with Gasteiger partial charge in [0.2, 0.25) is 5.79 Å². The lowest BCUT2D eigenvalue weighted by Gasteiger charge is -2.50. The van der Waals surface area contributed by atoms with Crippen LogP contribution in [0.15, 0.2) is 47.6 Å². The number of hydrogen-bond donors (Lipinski definition) is 2. The summed E-state index contributed by atoms with van der Waals surface area (Å²) in [6, 6.07) is -1.17. The number of nitrogens with zero attached hydrogens (tertiary/aromatic N) is 1. The van der Waals surface area contributed by atoms with E-state index in [2.05, 4.69) is 0 Å². The number of hydrogen-bond acceptors (Lipinski definition) is 15. The molecule has 1 saturated carbocycles. The molecule has 0 aromatic carbocycles. The minimum atomic E-state index is -3.41. The van der Waals surface area contributed by atoms with Crippen molar-refractivity contribution in [1.29, 1.82) is 0 Å². The molecule has 4 heterocycles. The number of aliphatic hydroxyl groups excluding tert-OH is 1. The van der Waals surface area contributed by atoms with E-state index in [1.807, 2.05) is 51.2 Å². The van der Waals surface area contributed by atoms with Crippen LogP contribution in [0.4, 0.5) is 0 Å². The van der Waals surface area contributed by atoms with Crippen molar-refractivity contribution in [3.8, 4) is 0 Å². The number of allylic oxidation sites excluding steroid dienone is 6. The molecule has 4 aliphatic heterocycles. The first-order valence-corrected chi connectivity index (χ1v) is 27.9. The number of ketones is 3. The number of carbonyl (C=O) groups excluding carboxylic acids is 5. The van der Waals surface area contributed by atoms with Gasteiger partial charge >= 0.3 is 13.6 Å². The monoisotopic (exact) mass is 1020 g/mol. The van der Waals surface area contributed by atoms with Crippen LogP contribution < -0.4 is 0 Å². The first kappa shape index (κ1) is 58.7. The zero-order valence-electron chi connectivity index (χ0n) is 44.3. The highest BCUT2D eigenvalue weighted by atomic mass is 31.2. The number of methoxy groups -OCH3 is 3. The summed E-state index contributed by atoms with van der Waals surface area (Å²) in [5.41, 5.74) is 1.25. The summed E-state index contributed by atoms with van der Waals surface area (Å²) in [5, 5.41) is 23.6. The van der Waals surface area contributed by atoms with Crippen LogP contribution in [0, 0.1) is 41.4 Å². The van der Waals surface area contributed by atoms with Crippen molar-refractivity contribution in [3.05, 3.63) is 47.6 Å². The van der Waals surface area contributed by atoms with E-state index < -0.39 is 109 Å². The molecule has 4 fully saturated rings. The van der Waals surface area contributed by atoms with E-state index in [9.17, 15) is 38.8 Å². The summed E-state index contributed by atoms with van der Waals surface area (Å²) >= 11 is 0. The first-order chi connectivity index (χ1) is 33.4. The van der Waals surface area contributed by atoms with Crippen molar-refractivity contribution in [2.24, 2.45) is 41.4 Å². The van der Waals surface area contributed by atoms with Gasteiger partial charge in [-0.15, -0.1) is 0 Å². The molecule has 16 nitrogen and oxygen atoms in total. The van der Waals surface area contributed by atoms with Gasteiger partial charge in [0.25, 0.3) is 11.7 Å². The molecule has 17 atom stereocenters. The molecular formula is C54H84NO15P. The Labute approximate surface area is 422 Å². The molecule has 17 heteroatoms. The summed E-state index contributed by atoms with van der Waals surface area (Å²) in [6.07, 6.45) is 10.1. The Hall–Kier alpha value is -3.18. The number of carbonyl (C=O) groups is 5. The zero-order chi connectivity index (χ0) is 52.5. The van der Waals surface area contributed by atoms with Gasteiger partial charge in [-0.25, -0.2) is 4.79 Å². The molecule has 0 spiro atoms. The number of piperidine rings is 1. The standard InChI is InChI=1S/C54H84NO15P/c1-31(2)69-71(12,63)70-43-23-21-38(28-46(43)65-10)27-41-40-19-16-24-55-47(40)53(61)67-45(41)30-42(56)34(5)26-36(7)49(58)50(66-11)48(57)35(6)25-32(3)17-14-13-15-18-33(4)44(64-9)29-39-22-20-37(8)54(62,68-39)51(59)52(55)60/h13-15,17-18,26,31-32,34-35,37-41,43-47,49-50,58,62H,16,19-25,27-30H2,1-12H3/b15-13+,17-14+,33-18+,36-26+/t32?,34?,35?,37?,38?,39-,40?,41-,43+,44-,45?,46?,47?,49?,50-,54?,71?/m0/s1. The van der Waals surface area contributed by atoms with Crippen LogP contribution in [0.25, 0.3) is 0 Å². The van der Waals surface area contributed by atoms with Crippen molar-refractivity contribution in [2.45, 2.75) is 187 Å². The molecule has 0 aromatic heterocycles. The average molecular weight is 1020 g/mol. The third-order valence-electron chi connectivity index (χ3n) is 15.6. The maximum absolute atomic E-state index is 14.6. The predicted molar refractivity (Wildman–Crippen MR) is 267 cm³/mol. The van der Waals surface area contributed by atoms with E-state index in [1.54, 1.807) is 54.9 Å². The fraction of sp³-hybridized carbons (Fsp3) is 0.759. The van der Waals surface area contributed by atoms with E-state index in [0.717, 1.165) is 5.57 Å². The van der Waals surface area contributed by atoms with E-state index in [4.69, 9.17) is 32.7 Å². The number of rotatable bonds is 9. The molecular weight excluding hydrogens is 934 g/mol. The summed E-state index contributed by atoms with van der Waals surface area (Å²) < 4.78 is 54.8. The van der Waals surface area contributed by atoms with Gasteiger partial charge in [-0.05, 0) is 114 Å². The number of fused-ring (bicyclic) bond motifs is 3. The summed E-state index contributed by atoms with van der Waals surface area (Å²) in [5.74, 6) is -8.81. The van der Waals surface area contributed by atoms with Crippen LogP contribution in [0.2, 0.25) is 0 Å². The Kier molecular flexibility index (Phi) is 21.4. The Morgan fingerprint density at radius 3 is 2.25 bits per heavy atom. The lowest BCUT2D eigenvalue weighted by atomic mass is 9.68. The Balaban J connectivity index is 1.51. The first-order valence-electron chi connectivity index (χ1n) is 25.9. The van der Waals surface area contributed by atoms with E-state index in [1.165, 1.54) is 18.7 Å². The van der Waals surface area contributed by atoms with Crippen molar-refractivity contribution in [3.63, 3.8) is 0 Å². The van der Waals surface area contributed by atoms with Crippen molar-refractivity contribution < 1.29 is 71.5 Å². The SMILES string of the molecule is COC1CC(C[C@@H]2C3CC(=O)C(C)/C=C(\C)C(O)[C@@H](OC)C(=O)C(C)CC(C)/C=C/C=C/C=C(\C)[C@@H](OC)C[C@@H]4CCC(C)C(O)(O4)C(=O)C(=O)N4CCCC2C4C(=O)O3)CC[C@H]1OP(C)(=O)OC(C)C. The van der Waals surface area contributed by atoms with Crippen LogP contribution >= 0.6 is 7.60 Å². The molecule has 0 radical (unpaired) electrons. The highest BCUT2D eigenvalue weighted by Gasteiger charge is 2.57. The number of esters is 1. The maximum Gasteiger partial charge on any atom is 0.329 e. The normalized spacial score (nSPS) is 41.1. The summed E-state index contributed by atoms with van der Waals surface area (Å²) in [7, 11) is 1.12. The Morgan fingerprint density at radius 1 is 0.873 bits per heavy atom. The van der Waals surface area contributed by atoms with Crippen molar-refractivity contribution >= 4 is 36.8 Å². The summed E-state index contributed by atoms with van der Waals surface area (Å²) in [4.78, 5) is 72.8. The van der Waals surface area contributed by atoms with E-state index in [-0.39, 0.29) is 42.5 Å². The van der Waals surface area contributed by atoms with Crippen molar-refractivity contribution in [2.75, 3.05) is 34.5 Å². The fourth-order valence-corrected chi connectivity index (χ4v) is 13.2. The number of amides is 1. The van der Waals surface area contributed by atoms with Gasteiger partial charge in [0.1, 0.15) is 30.1 Å². The van der Waals surface area contributed by atoms with Gasteiger partial charge in [-0.2, -0.15) is 0 Å². The molecule has 1 amide bonds. The molecule has 0 aromatic rings. The molecule has 1 aliphatic carbocycles. The lowest BCUT2D eigenvalue weighted by Crippen LogP contribution is -2.65. The van der Waals surface area contributed by atoms with Crippen LogP contribution in [0.3, 0.4) is 0 Å². The molecule has 12 unspecified atom stereocenters. The summed E-state index contributed by atoms with van der Waals surface area (Å²) in [6.45, 7) is 15.8. The van der Waals surface area contributed by atoms with Gasteiger partial charge in [0.05, 0.1) is 30.5 Å². The Bertz CT molecular complexity index is 2050. The van der Waals surface area contributed by atoms with Gasteiger partial charge in [0, 0.05) is 71.1 Å². The highest BCUT2D eigenvalue weighted by molar-refractivity contribution is 7.53. The topological polar surface area (TPSA) is 211 Å². The fourth-order valence-electron chi connectivity index (χ4n) is 11.7. The zero-order valence-corrected chi connectivity index (χ0v) is 45.2. The quantitative estimate of drug-likeness (QED) is 0.0982. The van der Waals surface area contributed by atoms with Crippen LogP contribution in [0.5, 0.6) is 0 Å². The number of aliphatic hydroxyl groups is 2. The smallest absolute Gasteiger partial charge is 0.329 e. The molecule has 5 aliphatic rings. The number of Topliss-reactive ketones (excluding diaryl/α,β-unsaturated/α-hetero) is 3. The largest absolute Gasteiger partial charge is 0.460 e. The van der Waals surface area contributed by atoms with Gasteiger partial charge < -0.3 is 47.8 Å². The highest BCUT2D eigenvalue weighted by Crippen LogP contribution is 2.51. The van der Waals surface area contributed by atoms with Gasteiger partial charge in [-0.1, -0.05) is 64.2 Å². The van der Waals surface area contributed by atoms with Gasteiger partial charge in [0.15, 0.2) is 5.78 Å². The second-order valence-electron chi connectivity index (χ2n) is 21.5. The third-order valence-corrected chi connectivity index (χ3v) is 17.1. The predicted octanol–water partition coefficient (Wildman–Crippen LogP) is 7.67. The van der Waals surface area contributed by atoms with Crippen LogP contribution in [-0.4, -0.2) is 140 Å². The van der Waals surface area contributed by atoms with E-state index >= 15 is 0 Å². The minimum absolute atomic E-state index is 0.00957. The van der Waals surface area contributed by atoms with Crippen LogP contribution in [-0.2, 0) is 61.3 Å². The third kappa shape index (κ3) is 14.8. The maximum atomic E-state index is 14.6. The molecule has 3 saturated heterocycles. The van der Waals surface area contributed by atoms with Crippen LogP contribution in [0.1, 0.15) is 126 Å². The average Bonchev–Trinajstić information content (AvgIpc) is 3.31. The second-order valence-corrected chi connectivity index (χ2v) is 23.5. The minimum Gasteiger partial charge on any atom is -0.460 e. The lowest BCUT2D eigenvalue weighted by molar-refractivity contribution is -0.266. The molecule has 5 rings (SSSR count). The van der Waals surface area contributed by atoms with Crippen molar-refractivity contribution in [1.82, 2.24) is 4.90 Å². The van der Waals surface area contributed by atoms with E-state index in [0.29, 0.717) is 69.8 Å². The molecule has 400 valence electrons. The molecule has 2 N–H and O–H groups in total. The second kappa shape index (κ2) is 25.9. The molecule has 71 heavy (non-hydrogen) atoms. The van der Waals surface area contributed by atoms with Gasteiger partial charge in [-0.3, -0.25) is 23.7 Å².